The summed E-state index contributed by atoms with van der Waals surface area (Å²) in [6, 6.07) is 31.3. The summed E-state index contributed by atoms with van der Waals surface area (Å²) in [6.45, 7) is 0.209. The third kappa shape index (κ3) is 4.11. The van der Waals surface area contributed by atoms with Crippen molar-refractivity contribution < 1.29 is 14.3 Å². The molecule has 39 heavy (non-hydrogen) atoms. The molecule has 7 rings (SSSR count). The van der Waals surface area contributed by atoms with Gasteiger partial charge < -0.3 is 0 Å². The summed E-state index contributed by atoms with van der Waals surface area (Å²) in [7, 11) is 0. The van der Waals surface area contributed by atoms with E-state index in [9.17, 15) is 9.59 Å². The molecular formula is C32H23N3O3Se. The molecule has 2 aliphatic rings. The van der Waals surface area contributed by atoms with Crippen LogP contribution in [0.2, 0.25) is 0 Å². The molecule has 2 atom stereocenters. The van der Waals surface area contributed by atoms with E-state index in [1.165, 1.54) is 4.46 Å². The fourth-order valence-corrected chi connectivity index (χ4v) is 7.26. The van der Waals surface area contributed by atoms with Crippen LogP contribution in [0.3, 0.4) is 0 Å². The molecule has 0 N–H and O–H groups in total. The quantitative estimate of drug-likeness (QED) is 0.285. The summed E-state index contributed by atoms with van der Waals surface area (Å²) in [6.07, 6.45) is 1.96. The first kappa shape index (κ1) is 23.8. The van der Waals surface area contributed by atoms with E-state index in [1.54, 1.807) is 24.3 Å². The molecule has 0 bridgehead atoms. The third-order valence-corrected chi connectivity index (χ3v) is 9.59. The van der Waals surface area contributed by atoms with E-state index in [0.29, 0.717) is 16.7 Å². The van der Waals surface area contributed by atoms with Crippen LogP contribution in [0.5, 0.6) is 0 Å². The number of fused-ring (bicyclic) bond motifs is 2. The van der Waals surface area contributed by atoms with Crippen LogP contribution in [-0.4, -0.2) is 48.1 Å². The van der Waals surface area contributed by atoms with E-state index in [4.69, 9.17) is 4.74 Å². The second kappa shape index (κ2) is 9.77. The molecule has 0 spiro atoms. The number of hydrogen-bond acceptors (Lipinski definition) is 5. The number of carbonyl (C=O) groups is 2. The molecule has 0 radical (unpaired) electrons. The Labute approximate surface area is 231 Å². The zero-order chi connectivity index (χ0) is 26.3. The van der Waals surface area contributed by atoms with Gasteiger partial charge in [0.15, 0.2) is 0 Å². The summed E-state index contributed by atoms with van der Waals surface area (Å²) >= 11 is 0.228. The first-order valence-electron chi connectivity index (χ1n) is 12.8. The van der Waals surface area contributed by atoms with Crippen molar-refractivity contribution in [3.05, 3.63) is 137 Å². The molecule has 0 amide bonds. The van der Waals surface area contributed by atoms with Crippen molar-refractivity contribution in [3.63, 3.8) is 0 Å². The molecule has 6 nitrogen and oxygen atoms in total. The first-order chi connectivity index (χ1) is 19.2. The van der Waals surface area contributed by atoms with Crippen molar-refractivity contribution >= 4 is 41.8 Å². The second-order valence-corrected chi connectivity index (χ2v) is 11.9. The van der Waals surface area contributed by atoms with E-state index in [0.717, 1.165) is 27.3 Å². The number of aromatic nitrogens is 3. The molecule has 1 aromatic heterocycles. The van der Waals surface area contributed by atoms with Crippen LogP contribution in [0.4, 0.5) is 0 Å². The van der Waals surface area contributed by atoms with Crippen molar-refractivity contribution in [2.45, 2.75) is 17.3 Å². The number of ketones is 2. The van der Waals surface area contributed by atoms with Gasteiger partial charge in [-0.3, -0.25) is 0 Å². The van der Waals surface area contributed by atoms with Gasteiger partial charge >= 0.3 is 232 Å². The SMILES string of the molecule is O=C1C2=C(C(=O)c3ccccc31)[C@H](c1cccc3ccccc13)[C@@H](n1cc(C[Se]c3ccccc3)nn1)CO2. The molecule has 5 aromatic rings. The van der Waals surface area contributed by atoms with E-state index in [1.807, 2.05) is 53.3 Å². The molecule has 1 aliphatic carbocycles. The molecule has 1 aliphatic heterocycles. The van der Waals surface area contributed by atoms with Gasteiger partial charge in [0.05, 0.1) is 0 Å². The number of nitrogens with zero attached hydrogens (tertiary/aromatic N) is 3. The van der Waals surface area contributed by atoms with Crippen molar-refractivity contribution in [3.8, 4) is 0 Å². The Kier molecular flexibility index (Phi) is 5.95. The number of rotatable bonds is 5. The van der Waals surface area contributed by atoms with Crippen molar-refractivity contribution in [1.82, 2.24) is 15.0 Å². The molecule has 4 aromatic carbocycles. The second-order valence-electron chi connectivity index (χ2n) is 9.66. The van der Waals surface area contributed by atoms with Gasteiger partial charge in [-0.2, -0.15) is 0 Å². The van der Waals surface area contributed by atoms with Crippen LogP contribution >= 0.6 is 0 Å². The average Bonchev–Trinajstić information content (AvgIpc) is 3.47. The fraction of sp³-hybridized carbons (Fsp3) is 0.125. The Balaban J connectivity index is 1.34. The molecule has 190 valence electrons. The maximum atomic E-state index is 14.0. The van der Waals surface area contributed by atoms with Crippen LogP contribution in [0.25, 0.3) is 10.8 Å². The van der Waals surface area contributed by atoms with Gasteiger partial charge in [-0.05, 0) is 0 Å². The van der Waals surface area contributed by atoms with E-state index >= 15 is 0 Å². The Morgan fingerprint density at radius 3 is 2.38 bits per heavy atom. The van der Waals surface area contributed by atoms with Crippen molar-refractivity contribution in [1.29, 1.82) is 0 Å². The Bertz CT molecular complexity index is 1770. The van der Waals surface area contributed by atoms with E-state index in [-0.39, 0.29) is 44.9 Å². The van der Waals surface area contributed by atoms with Gasteiger partial charge in [-0.25, -0.2) is 0 Å². The Morgan fingerprint density at radius 1 is 0.821 bits per heavy atom. The topological polar surface area (TPSA) is 74.1 Å². The average molecular weight is 577 g/mol. The number of Topliss-reactive ketones (excluding diaryl/α,β-unsaturated/α-hetero) is 2. The molecular weight excluding hydrogens is 553 g/mol. The van der Waals surface area contributed by atoms with Crippen LogP contribution in [0.1, 0.15) is 43.9 Å². The molecule has 7 heteroatoms. The predicted molar refractivity (Wildman–Crippen MR) is 149 cm³/mol. The van der Waals surface area contributed by atoms with Crippen molar-refractivity contribution in [2.24, 2.45) is 0 Å². The van der Waals surface area contributed by atoms with Gasteiger partial charge in [0, 0.05) is 0 Å². The summed E-state index contributed by atoms with van der Waals surface area (Å²) in [4.78, 5) is 27.6. The number of hydrogen-bond donors (Lipinski definition) is 0. The summed E-state index contributed by atoms with van der Waals surface area (Å²) in [5.41, 5.74) is 3.08. The van der Waals surface area contributed by atoms with Crippen molar-refractivity contribution in [2.75, 3.05) is 6.61 Å². The van der Waals surface area contributed by atoms with Gasteiger partial charge in [-0.15, -0.1) is 0 Å². The predicted octanol–water partition coefficient (Wildman–Crippen LogP) is 4.65. The minimum absolute atomic E-state index is 0.153. The molecule has 0 saturated carbocycles. The molecule has 0 saturated heterocycles. The van der Waals surface area contributed by atoms with Gasteiger partial charge in [-0.1, -0.05) is 0 Å². The Hall–Kier alpha value is -4.32. The zero-order valence-electron chi connectivity index (χ0n) is 20.9. The summed E-state index contributed by atoms with van der Waals surface area (Å²) in [5, 5.41) is 11.9. The monoisotopic (exact) mass is 577 g/mol. The number of benzene rings is 4. The zero-order valence-corrected chi connectivity index (χ0v) is 22.6. The molecule has 2 heterocycles. The summed E-state index contributed by atoms with van der Waals surface area (Å²) in [5.74, 6) is -0.691. The normalized spacial score (nSPS) is 18.6. The maximum absolute atomic E-state index is 14.0. The number of carbonyl (C=O) groups excluding carboxylic acids is 2. The molecule has 0 fully saturated rings. The van der Waals surface area contributed by atoms with E-state index < -0.39 is 5.92 Å². The van der Waals surface area contributed by atoms with Gasteiger partial charge in [0.2, 0.25) is 0 Å². The standard InChI is InChI=1S/C32H23N3O3Se/c36-30-25-14-6-7-15-26(25)31(37)32-29(30)28(24-16-8-10-20-9-4-5-13-23(20)24)27(18-38-32)35-17-21(33-34-35)19-39-22-11-2-1-3-12-22/h1-17,27-28H,18-19H2/t27-,28+/m0/s1. The van der Waals surface area contributed by atoms with Gasteiger partial charge in [0.1, 0.15) is 0 Å². The minimum atomic E-state index is -0.432. The van der Waals surface area contributed by atoms with Crippen LogP contribution < -0.4 is 4.46 Å². The summed E-state index contributed by atoms with van der Waals surface area (Å²) < 4.78 is 9.24. The van der Waals surface area contributed by atoms with Crippen LogP contribution in [0.15, 0.2) is 115 Å². The number of allylic oxidation sites excluding steroid dienone is 2. The molecule has 0 unspecified atom stereocenters. The fourth-order valence-electron chi connectivity index (χ4n) is 5.58. The van der Waals surface area contributed by atoms with E-state index in [2.05, 4.69) is 40.6 Å². The first-order valence-corrected chi connectivity index (χ1v) is 14.9. The van der Waals surface area contributed by atoms with Crippen LogP contribution in [-0.2, 0) is 10.1 Å². The van der Waals surface area contributed by atoms with Crippen LogP contribution in [0, 0.1) is 0 Å². The Morgan fingerprint density at radius 2 is 1.54 bits per heavy atom. The number of ether oxygens (including phenoxy) is 1. The van der Waals surface area contributed by atoms with Gasteiger partial charge in [0.25, 0.3) is 0 Å². The third-order valence-electron chi connectivity index (χ3n) is 7.39.